The second-order valence-electron chi connectivity index (χ2n) is 24.5. The molecule has 34 nitrogen and oxygen atoms in total. The molecule has 35 heteroatoms. The van der Waals surface area contributed by atoms with Crippen LogP contribution in [0.5, 0.6) is 23.0 Å². The molecule has 103 heavy (non-hydrogen) atoms. The number of β-lactam (4-membered cyclic amide) rings is 1. The topological polar surface area (TPSA) is 505 Å². The Hall–Kier alpha value is -9.98. The number of aliphatic hydroxyl groups excluding tert-OH is 8. The number of carbonyl (C=O) groups is 9. The molecule has 4 aromatic carbocycles. The van der Waals surface area contributed by atoms with Gasteiger partial charge in [-0.05, 0) is 86.1 Å². The van der Waals surface area contributed by atoms with Crippen molar-refractivity contribution in [3.05, 3.63) is 131 Å². The second-order valence-corrected chi connectivity index (χ2v) is 25.0. The maximum Gasteiger partial charge on any atom is 0.359 e. The average Bonchev–Trinajstić information content (AvgIpc) is 1.24. The fourth-order valence-corrected chi connectivity index (χ4v) is 12.2. The number of aliphatic carboxylic acids is 1. The van der Waals surface area contributed by atoms with Crippen LogP contribution in [0.2, 0.25) is 0 Å². The van der Waals surface area contributed by atoms with E-state index >= 15 is 0 Å². The van der Waals surface area contributed by atoms with Crippen molar-refractivity contribution in [1.29, 1.82) is 0 Å². The molecule has 2 aromatic heterocycles. The van der Waals surface area contributed by atoms with Crippen molar-refractivity contribution >= 4 is 86.8 Å². The Morgan fingerprint density at radius 1 is 0.631 bits per heavy atom. The molecule has 15 atom stereocenters. The zero-order valence-corrected chi connectivity index (χ0v) is 55.5. The number of hydrogen-bond donors (Lipinski definition) is 16. The van der Waals surface area contributed by atoms with E-state index in [-0.39, 0.29) is 84.4 Å². The number of nitrogens with one attached hydrogen (secondary N) is 7. The van der Waals surface area contributed by atoms with E-state index in [9.17, 15) is 89.1 Å². The summed E-state index contributed by atoms with van der Waals surface area (Å²) in [6, 6.07) is 19.1. The molecular formula is C68H77ClN8O26. The predicted octanol–water partition coefficient (Wildman–Crippen LogP) is -1.33. The van der Waals surface area contributed by atoms with Crippen LogP contribution < -0.4 is 45.5 Å². The highest BCUT2D eigenvalue weighted by Crippen LogP contribution is 2.40. The van der Waals surface area contributed by atoms with Gasteiger partial charge in [0.2, 0.25) is 37.1 Å². The van der Waals surface area contributed by atoms with Crippen molar-refractivity contribution in [1.82, 2.24) is 41.5 Å². The third-order valence-corrected chi connectivity index (χ3v) is 17.9. The quantitative estimate of drug-likeness (QED) is 0.00982. The zero-order valence-electron chi connectivity index (χ0n) is 54.7. The van der Waals surface area contributed by atoms with Gasteiger partial charge in [0.05, 0.1) is 25.7 Å². The number of halogens is 1. The van der Waals surface area contributed by atoms with Gasteiger partial charge in [0.1, 0.15) is 102 Å². The van der Waals surface area contributed by atoms with Gasteiger partial charge in [-0.15, -0.1) is 0 Å². The summed E-state index contributed by atoms with van der Waals surface area (Å²) in [7, 11) is 0. The number of carbonyl (C=O) groups excluding carboxylic acids is 8. The Bertz CT molecular complexity index is 4050. The molecule has 552 valence electrons. The van der Waals surface area contributed by atoms with Gasteiger partial charge in [-0.1, -0.05) is 72.3 Å². The van der Waals surface area contributed by atoms with E-state index < -0.39 is 191 Å². The summed E-state index contributed by atoms with van der Waals surface area (Å²) in [5, 5.41) is 105. The van der Waals surface area contributed by atoms with E-state index in [4.69, 9.17) is 49.5 Å². The lowest BCUT2D eigenvalue weighted by molar-refractivity contribution is -0.277. The standard InChI is InChI=1S/C68H77ClN8O26/c69-39-16-20-44-54(64(92)77(44)55(39)66(95)99-32-98-52(83)23-33-9-3-1-4-10-33)76-63(91)53(34-11-5-2-6-12-34)75-49(80)21-19-43(65(93)94)74-62(90)42(73-51(82)31-97-36-15-18-41-38(25-36)46(27-72-41)101-68-61(89)59(87)57(85)48(29-79)103-68)13-7-8-22-70-50(81)30-96-35-14-17-40-37(24-35)45(26-71-40)100-67-60(88)58(86)56(84)47(28-78)102-67/h1-6,9-12,14-15,17-18,24-27,42-44,47-48,53-54,56-61,67-68,71-72,78-79,84-89H,7-8,13,16,19-23,28-32H2,(H,70,81)(H,73,82)(H,74,90)(H,75,80)(H,76,91)(H,93,94)/t42?,43?,44-,47-,48-,53?,54+,56+,57+,58+,59+,60-,61-,67-,68-/m1/s1. The van der Waals surface area contributed by atoms with Gasteiger partial charge in [-0.2, -0.15) is 0 Å². The Labute approximate surface area is 590 Å². The minimum Gasteiger partial charge on any atom is -0.484 e. The molecule has 0 bridgehead atoms. The lowest BCUT2D eigenvalue weighted by Gasteiger charge is -2.50. The number of aromatic nitrogens is 2. The minimum absolute atomic E-state index is 0.00291. The Kier molecular flexibility index (Phi) is 25.6. The van der Waals surface area contributed by atoms with Crippen molar-refractivity contribution in [2.24, 2.45) is 0 Å². The number of rotatable bonds is 33. The summed E-state index contributed by atoms with van der Waals surface area (Å²) in [5.41, 5.74) is 1.66. The van der Waals surface area contributed by atoms with Crippen LogP contribution >= 0.6 is 11.6 Å². The molecule has 6 heterocycles. The molecule has 3 fully saturated rings. The van der Waals surface area contributed by atoms with Crippen molar-refractivity contribution in [3.63, 3.8) is 0 Å². The lowest BCUT2D eigenvalue weighted by atomic mass is 9.86. The van der Waals surface area contributed by atoms with Crippen LogP contribution in [-0.2, 0) is 68.5 Å². The Morgan fingerprint density at radius 2 is 1.20 bits per heavy atom. The maximum atomic E-state index is 14.2. The predicted molar refractivity (Wildman–Crippen MR) is 353 cm³/mol. The number of carboxylic acid groups (broad SMARTS) is 1. The molecule has 16 N–H and O–H groups in total. The van der Waals surface area contributed by atoms with E-state index in [1.165, 1.54) is 42.7 Å². The summed E-state index contributed by atoms with van der Waals surface area (Å²) in [6.45, 7) is -3.32. The fourth-order valence-electron chi connectivity index (χ4n) is 11.9. The van der Waals surface area contributed by atoms with E-state index in [1.54, 1.807) is 66.7 Å². The first kappa shape index (κ1) is 75.7. The molecule has 0 radical (unpaired) electrons. The van der Waals surface area contributed by atoms with E-state index in [2.05, 4.69) is 36.6 Å². The Morgan fingerprint density at radius 3 is 1.78 bits per heavy atom. The van der Waals surface area contributed by atoms with Crippen LogP contribution in [0.1, 0.15) is 62.1 Å². The third-order valence-electron chi connectivity index (χ3n) is 17.5. The minimum atomic E-state index is -1.77. The molecule has 0 aliphatic carbocycles. The molecule has 4 aliphatic rings. The van der Waals surface area contributed by atoms with Crippen LogP contribution in [0.15, 0.2) is 120 Å². The molecule has 3 unspecified atom stereocenters. The molecule has 4 aliphatic heterocycles. The SMILES string of the molecule is O=C(COc1ccc2[nH]cc(O[C@@H]3O[C@H](CO)[C@H](O)[C@H](O)[C@H]3O)c2c1)NCCCCC(NC(=O)COc1ccc2[nH]cc(O[C@@H]3O[C@H](CO)[C@H](O)[C@H](O)[C@H]3O)c2c1)C(=O)NC(CCC(=O)NC(C(=O)N[C@@H]1C(=O)N2C(C(=O)OCOC(=O)Cc3ccccc3)=C(Cl)CC[C@H]12)c1ccccc1)C(=O)O. The van der Waals surface area contributed by atoms with Crippen LogP contribution in [0.3, 0.4) is 0 Å². The largest absolute Gasteiger partial charge is 0.484 e. The monoisotopic (exact) mass is 1460 g/mol. The molecule has 0 saturated carbocycles. The third kappa shape index (κ3) is 18.6. The summed E-state index contributed by atoms with van der Waals surface area (Å²) >= 11 is 6.44. The number of hydrogen-bond acceptors (Lipinski definition) is 25. The summed E-state index contributed by atoms with van der Waals surface area (Å²) < 4.78 is 44.3. The van der Waals surface area contributed by atoms with Gasteiger partial charge in [0.15, 0.2) is 13.2 Å². The molecule has 10 rings (SSSR count). The first-order valence-electron chi connectivity index (χ1n) is 32.7. The number of benzene rings is 4. The number of unbranched alkanes of at least 4 members (excludes halogenated alkanes) is 1. The van der Waals surface area contributed by atoms with E-state index in [0.29, 0.717) is 27.4 Å². The van der Waals surface area contributed by atoms with Gasteiger partial charge in [0.25, 0.3) is 17.7 Å². The highest BCUT2D eigenvalue weighted by atomic mass is 35.5. The van der Waals surface area contributed by atoms with Gasteiger partial charge in [0, 0.05) is 52.2 Å². The number of aliphatic hydroxyl groups is 8. The fraction of sp³-hybridized carbons (Fsp3) is 0.426. The average molecular weight is 1460 g/mol. The van der Waals surface area contributed by atoms with Crippen LogP contribution in [0.25, 0.3) is 21.8 Å². The molecule has 3 saturated heterocycles. The summed E-state index contributed by atoms with van der Waals surface area (Å²) in [4.78, 5) is 128. The number of H-pyrrole nitrogens is 2. The zero-order chi connectivity index (χ0) is 73.6. The summed E-state index contributed by atoms with van der Waals surface area (Å²) in [5.74, 6) is -7.66. The highest BCUT2D eigenvalue weighted by Gasteiger charge is 2.54. The van der Waals surface area contributed by atoms with Crippen molar-refractivity contribution in [3.8, 4) is 23.0 Å². The van der Waals surface area contributed by atoms with Crippen molar-refractivity contribution < 1.29 is 127 Å². The smallest absolute Gasteiger partial charge is 0.359 e. The first-order valence-corrected chi connectivity index (χ1v) is 33.1. The second kappa shape index (κ2) is 34.8. The first-order chi connectivity index (χ1) is 49.5. The molecular weight excluding hydrogens is 1380 g/mol. The van der Waals surface area contributed by atoms with Crippen LogP contribution in [-0.4, -0.2) is 240 Å². The number of carboxylic acids is 1. The molecule has 6 aromatic rings. The number of allylic oxidation sites excluding steroid dienone is 1. The molecule has 0 spiro atoms. The van der Waals surface area contributed by atoms with Gasteiger partial charge >= 0.3 is 17.9 Å². The van der Waals surface area contributed by atoms with Crippen molar-refractivity contribution in [2.75, 3.05) is 39.8 Å². The van der Waals surface area contributed by atoms with Gasteiger partial charge in [-0.3, -0.25) is 38.5 Å². The summed E-state index contributed by atoms with van der Waals surface area (Å²) in [6.07, 6.45) is -13.5. The number of nitrogens with zero attached hydrogens (tertiary/aromatic N) is 1. The maximum absolute atomic E-state index is 14.2. The lowest BCUT2D eigenvalue weighted by Crippen LogP contribution is -2.72. The number of aromatic amines is 2. The van der Waals surface area contributed by atoms with Gasteiger partial charge in [-0.25, -0.2) is 9.59 Å². The highest BCUT2D eigenvalue weighted by molar-refractivity contribution is 6.32. The number of ether oxygens (including phenoxy) is 8. The Balaban J connectivity index is 0.746. The van der Waals surface area contributed by atoms with E-state index in [1.807, 2.05) is 0 Å². The van der Waals surface area contributed by atoms with Gasteiger partial charge < -0.3 is 120 Å². The normalized spacial score (nSPS) is 23.9. The molecule has 6 amide bonds. The van der Waals surface area contributed by atoms with Crippen LogP contribution in [0, 0.1) is 0 Å². The number of esters is 2. The van der Waals surface area contributed by atoms with Crippen molar-refractivity contribution in [2.45, 2.75) is 143 Å². The number of fused-ring (bicyclic) bond motifs is 3. The van der Waals surface area contributed by atoms with E-state index in [0.717, 1.165) is 4.90 Å². The van der Waals surface area contributed by atoms with Crippen LogP contribution in [0.4, 0.5) is 0 Å². The number of amides is 6.